The van der Waals surface area contributed by atoms with Gasteiger partial charge in [0.25, 0.3) is 5.91 Å². The average molecular weight is 355 g/mol. The van der Waals surface area contributed by atoms with E-state index in [1.54, 1.807) is 0 Å². The minimum atomic E-state index is -4.54. The van der Waals surface area contributed by atoms with Crippen molar-refractivity contribution in [2.75, 3.05) is 5.32 Å². The third kappa shape index (κ3) is 5.03. The van der Waals surface area contributed by atoms with Crippen LogP contribution in [0.5, 0.6) is 0 Å². The zero-order chi connectivity index (χ0) is 18.6. The van der Waals surface area contributed by atoms with E-state index in [9.17, 15) is 27.2 Å². The van der Waals surface area contributed by atoms with E-state index in [4.69, 9.17) is 4.74 Å². The smallest absolute Gasteiger partial charge is 0.416 e. The van der Waals surface area contributed by atoms with Gasteiger partial charge in [-0.1, -0.05) is 6.07 Å². The first-order valence-corrected chi connectivity index (χ1v) is 7.11. The van der Waals surface area contributed by atoms with Gasteiger partial charge < -0.3 is 10.1 Å². The Kier molecular flexibility index (Phi) is 5.41. The molecular weight excluding hydrogens is 342 g/mol. The van der Waals surface area contributed by atoms with Crippen LogP contribution < -0.4 is 5.32 Å². The van der Waals surface area contributed by atoms with Gasteiger partial charge in [0.15, 0.2) is 6.10 Å². The lowest BCUT2D eigenvalue weighted by atomic mass is 10.2. The van der Waals surface area contributed by atoms with Gasteiger partial charge in [0, 0.05) is 5.69 Å². The molecule has 8 heteroatoms. The van der Waals surface area contributed by atoms with E-state index in [-0.39, 0.29) is 11.3 Å². The summed E-state index contributed by atoms with van der Waals surface area (Å²) in [7, 11) is 0. The van der Waals surface area contributed by atoms with E-state index in [1.807, 2.05) is 0 Å². The molecule has 0 aliphatic heterocycles. The zero-order valence-corrected chi connectivity index (χ0v) is 12.9. The van der Waals surface area contributed by atoms with Crippen molar-refractivity contribution < 1.29 is 31.9 Å². The lowest BCUT2D eigenvalue weighted by Gasteiger charge is -2.14. The number of carbonyl (C=O) groups excluding carboxylic acids is 2. The Hall–Kier alpha value is -2.90. The van der Waals surface area contributed by atoms with Crippen LogP contribution in [0, 0.1) is 5.82 Å². The van der Waals surface area contributed by atoms with Crippen LogP contribution in [0.15, 0.2) is 48.5 Å². The summed E-state index contributed by atoms with van der Waals surface area (Å²) in [6.07, 6.45) is -5.80. The first-order chi connectivity index (χ1) is 11.7. The Bertz CT molecular complexity index is 772. The fourth-order valence-corrected chi connectivity index (χ4v) is 1.89. The van der Waals surface area contributed by atoms with Crippen molar-refractivity contribution in [3.05, 3.63) is 65.5 Å². The SMILES string of the molecule is CC(OC(=O)c1ccc(F)cc1)C(=O)Nc1cccc(C(F)(F)F)c1. The number of benzene rings is 2. The zero-order valence-electron chi connectivity index (χ0n) is 12.9. The molecule has 1 unspecified atom stereocenters. The van der Waals surface area contributed by atoms with Crippen molar-refractivity contribution >= 4 is 17.6 Å². The van der Waals surface area contributed by atoms with Crippen LogP contribution in [-0.2, 0) is 15.7 Å². The maximum Gasteiger partial charge on any atom is 0.416 e. The standard InChI is InChI=1S/C17H13F4NO3/c1-10(25-16(24)11-5-7-13(18)8-6-11)15(23)22-14-4-2-3-12(9-14)17(19,20)21/h2-10H,1H3,(H,22,23). The summed E-state index contributed by atoms with van der Waals surface area (Å²) in [4.78, 5) is 23.8. The van der Waals surface area contributed by atoms with E-state index in [0.717, 1.165) is 30.3 Å². The number of hydrogen-bond donors (Lipinski definition) is 1. The van der Waals surface area contributed by atoms with Gasteiger partial charge in [0.05, 0.1) is 11.1 Å². The normalized spacial score (nSPS) is 12.4. The van der Waals surface area contributed by atoms with Crippen LogP contribution in [-0.4, -0.2) is 18.0 Å². The molecule has 0 fully saturated rings. The summed E-state index contributed by atoms with van der Waals surface area (Å²) in [5.74, 6) is -2.19. The third-order valence-electron chi connectivity index (χ3n) is 3.19. The minimum Gasteiger partial charge on any atom is -0.449 e. The molecule has 2 rings (SSSR count). The van der Waals surface area contributed by atoms with Gasteiger partial charge in [-0.2, -0.15) is 13.2 Å². The third-order valence-corrected chi connectivity index (χ3v) is 3.19. The maximum absolute atomic E-state index is 12.8. The van der Waals surface area contributed by atoms with Gasteiger partial charge in [0.2, 0.25) is 0 Å². The molecule has 0 aromatic heterocycles. The van der Waals surface area contributed by atoms with Crippen molar-refractivity contribution in [3.8, 4) is 0 Å². The first kappa shape index (κ1) is 18.4. The molecule has 0 radical (unpaired) electrons. The summed E-state index contributed by atoms with van der Waals surface area (Å²) in [5.41, 5.74) is -0.953. The van der Waals surface area contributed by atoms with Crippen LogP contribution in [0.2, 0.25) is 0 Å². The molecule has 0 aliphatic carbocycles. The molecular formula is C17H13F4NO3. The van der Waals surface area contributed by atoms with Crippen molar-refractivity contribution in [2.24, 2.45) is 0 Å². The molecule has 2 aromatic carbocycles. The summed E-state index contributed by atoms with van der Waals surface area (Å²) < 4.78 is 55.6. The van der Waals surface area contributed by atoms with E-state index in [1.165, 1.54) is 25.1 Å². The fraction of sp³-hybridized carbons (Fsp3) is 0.176. The van der Waals surface area contributed by atoms with Crippen LogP contribution >= 0.6 is 0 Å². The molecule has 25 heavy (non-hydrogen) atoms. The number of rotatable bonds is 4. The Morgan fingerprint density at radius 3 is 2.32 bits per heavy atom. The molecule has 0 saturated heterocycles. The van der Waals surface area contributed by atoms with E-state index < -0.39 is 35.5 Å². The molecule has 0 saturated carbocycles. The van der Waals surface area contributed by atoms with Crippen molar-refractivity contribution in [1.82, 2.24) is 0 Å². The minimum absolute atomic E-state index is 0.0418. The largest absolute Gasteiger partial charge is 0.449 e. The molecule has 2 aromatic rings. The number of esters is 1. The van der Waals surface area contributed by atoms with Gasteiger partial charge >= 0.3 is 12.1 Å². The van der Waals surface area contributed by atoms with Crippen molar-refractivity contribution in [2.45, 2.75) is 19.2 Å². The molecule has 1 N–H and O–H groups in total. The van der Waals surface area contributed by atoms with Gasteiger partial charge in [-0.25, -0.2) is 9.18 Å². The Labute approximate surface area is 140 Å². The number of anilines is 1. The highest BCUT2D eigenvalue weighted by atomic mass is 19.4. The van der Waals surface area contributed by atoms with Crippen molar-refractivity contribution in [3.63, 3.8) is 0 Å². The molecule has 0 heterocycles. The topological polar surface area (TPSA) is 55.4 Å². The Morgan fingerprint density at radius 1 is 1.08 bits per heavy atom. The van der Waals surface area contributed by atoms with E-state index in [0.29, 0.717) is 0 Å². The molecule has 0 bridgehead atoms. The van der Waals surface area contributed by atoms with Crippen LogP contribution in [0.25, 0.3) is 0 Å². The highest BCUT2D eigenvalue weighted by Crippen LogP contribution is 2.30. The predicted molar refractivity (Wildman–Crippen MR) is 81.4 cm³/mol. The number of amides is 1. The molecule has 1 atom stereocenters. The van der Waals surface area contributed by atoms with E-state index >= 15 is 0 Å². The van der Waals surface area contributed by atoms with Crippen LogP contribution in [0.4, 0.5) is 23.2 Å². The number of carbonyl (C=O) groups is 2. The molecule has 4 nitrogen and oxygen atoms in total. The molecule has 132 valence electrons. The second-order valence-corrected chi connectivity index (χ2v) is 5.12. The summed E-state index contributed by atoms with van der Waals surface area (Å²) in [5, 5.41) is 2.24. The molecule has 0 aliphatic rings. The summed E-state index contributed by atoms with van der Waals surface area (Å²) >= 11 is 0. The van der Waals surface area contributed by atoms with Crippen LogP contribution in [0.3, 0.4) is 0 Å². The maximum atomic E-state index is 12.8. The highest BCUT2D eigenvalue weighted by molar-refractivity contribution is 5.97. The van der Waals surface area contributed by atoms with Gasteiger partial charge in [-0.3, -0.25) is 4.79 Å². The second-order valence-electron chi connectivity index (χ2n) is 5.12. The van der Waals surface area contributed by atoms with Crippen molar-refractivity contribution in [1.29, 1.82) is 0 Å². The first-order valence-electron chi connectivity index (χ1n) is 7.11. The number of alkyl halides is 3. The number of nitrogens with one attached hydrogen (secondary N) is 1. The average Bonchev–Trinajstić information content (AvgIpc) is 2.54. The fourth-order valence-electron chi connectivity index (χ4n) is 1.89. The van der Waals surface area contributed by atoms with Gasteiger partial charge in [-0.15, -0.1) is 0 Å². The summed E-state index contributed by atoms with van der Waals surface area (Å²) in [6.45, 7) is 1.27. The van der Waals surface area contributed by atoms with E-state index in [2.05, 4.69) is 5.32 Å². The summed E-state index contributed by atoms with van der Waals surface area (Å²) in [6, 6.07) is 8.56. The number of halogens is 4. The number of hydrogen-bond acceptors (Lipinski definition) is 3. The Balaban J connectivity index is 2.01. The molecule has 0 spiro atoms. The highest BCUT2D eigenvalue weighted by Gasteiger charge is 2.30. The second kappa shape index (κ2) is 7.33. The molecule has 1 amide bonds. The monoisotopic (exact) mass is 355 g/mol. The number of ether oxygens (including phenoxy) is 1. The predicted octanol–water partition coefficient (Wildman–Crippen LogP) is 4.03. The van der Waals surface area contributed by atoms with Crippen LogP contribution in [0.1, 0.15) is 22.8 Å². The van der Waals surface area contributed by atoms with Gasteiger partial charge in [-0.05, 0) is 49.4 Å². The lowest BCUT2D eigenvalue weighted by Crippen LogP contribution is -2.30. The Morgan fingerprint density at radius 2 is 1.72 bits per heavy atom. The van der Waals surface area contributed by atoms with Gasteiger partial charge in [0.1, 0.15) is 5.82 Å². The quantitative estimate of drug-likeness (QED) is 0.666. The lowest BCUT2D eigenvalue weighted by molar-refractivity contribution is -0.137.